The number of hydrogen-bond acceptors (Lipinski definition) is 5. The highest BCUT2D eigenvalue weighted by Crippen LogP contribution is 2.41. The van der Waals surface area contributed by atoms with Crippen molar-refractivity contribution < 1.29 is 4.90 Å². The molecule has 0 aliphatic heterocycles. The maximum atomic E-state index is 5.12. The molecule has 0 fully saturated rings. The van der Waals surface area contributed by atoms with Crippen molar-refractivity contribution in [3.8, 4) is 0 Å². The number of thiophene rings is 1. The molecular weight excluding hydrogens is 366 g/mol. The summed E-state index contributed by atoms with van der Waals surface area (Å²) in [5.41, 5.74) is 5.41. The highest BCUT2D eigenvalue weighted by atomic mass is 32.1. The molecule has 3 heterocycles. The number of fused-ring (bicyclic) bond motifs is 5. The average molecular weight is 399 g/mol. The fourth-order valence-electron chi connectivity index (χ4n) is 4.42. The van der Waals surface area contributed by atoms with E-state index in [0.717, 1.165) is 59.9 Å². The van der Waals surface area contributed by atoms with Gasteiger partial charge >= 0.3 is 0 Å². The predicted molar refractivity (Wildman–Crippen MR) is 119 cm³/mol. The fraction of sp³-hybridized carbons (Fsp3) is 0.591. The third kappa shape index (κ3) is 3.60. The number of quaternary nitrogens is 1. The van der Waals surface area contributed by atoms with Crippen molar-refractivity contribution >= 4 is 37.6 Å². The number of likely N-dealkylation sites (N-methyl/N-ethyl adjacent to an activating group) is 1. The van der Waals surface area contributed by atoms with Crippen molar-refractivity contribution in [2.75, 3.05) is 31.5 Å². The minimum absolute atomic E-state index is 0.628. The molecule has 0 aromatic carbocycles. The molecule has 3 aromatic heterocycles. The highest BCUT2D eigenvalue weighted by Gasteiger charge is 2.24. The molecule has 0 atom stereocenters. The summed E-state index contributed by atoms with van der Waals surface area (Å²) in [5.74, 6) is 1.60. The molecule has 0 bridgehead atoms. The van der Waals surface area contributed by atoms with Crippen LogP contribution in [0.15, 0.2) is 6.33 Å². The summed E-state index contributed by atoms with van der Waals surface area (Å²) in [6.07, 6.45) is 6.34. The first-order valence-electron chi connectivity index (χ1n) is 10.8. The number of aromatic nitrogens is 3. The van der Waals surface area contributed by atoms with Gasteiger partial charge in [-0.1, -0.05) is 13.8 Å². The third-order valence-electron chi connectivity index (χ3n) is 5.93. The normalized spacial score (nSPS) is 13.9. The van der Waals surface area contributed by atoms with Crippen LogP contribution in [0.25, 0.3) is 20.4 Å². The molecule has 0 spiro atoms. The summed E-state index contributed by atoms with van der Waals surface area (Å²) in [4.78, 5) is 17.1. The lowest BCUT2D eigenvalue weighted by Crippen LogP contribution is -3.12. The summed E-state index contributed by atoms with van der Waals surface area (Å²) in [6.45, 7) is 13.4. The van der Waals surface area contributed by atoms with Crippen LogP contribution in [0.2, 0.25) is 0 Å². The van der Waals surface area contributed by atoms with Crippen LogP contribution >= 0.6 is 11.3 Å². The molecular formula is C22H32N5S+. The molecule has 150 valence electrons. The van der Waals surface area contributed by atoms with Gasteiger partial charge < -0.3 is 10.2 Å². The quantitative estimate of drug-likeness (QED) is 0.611. The monoisotopic (exact) mass is 398 g/mol. The molecule has 1 aliphatic carbocycles. The summed E-state index contributed by atoms with van der Waals surface area (Å²) in [6, 6.07) is 0. The van der Waals surface area contributed by atoms with Crippen molar-refractivity contribution in [3.63, 3.8) is 0 Å². The van der Waals surface area contributed by atoms with E-state index in [1.807, 2.05) is 0 Å². The van der Waals surface area contributed by atoms with Gasteiger partial charge in [0.2, 0.25) is 0 Å². The van der Waals surface area contributed by atoms with Crippen LogP contribution in [0.1, 0.15) is 50.9 Å². The Morgan fingerprint density at radius 2 is 1.93 bits per heavy atom. The zero-order valence-corrected chi connectivity index (χ0v) is 18.4. The van der Waals surface area contributed by atoms with Crippen LogP contribution in [-0.2, 0) is 19.3 Å². The van der Waals surface area contributed by atoms with Crippen LogP contribution in [-0.4, -0.2) is 41.1 Å². The molecule has 1 aliphatic rings. The second-order valence-electron chi connectivity index (χ2n) is 8.28. The maximum absolute atomic E-state index is 5.12. The Morgan fingerprint density at radius 1 is 1.14 bits per heavy atom. The van der Waals surface area contributed by atoms with E-state index in [1.54, 1.807) is 22.6 Å². The molecule has 28 heavy (non-hydrogen) atoms. The minimum Gasteiger partial charge on any atom is -0.363 e. The summed E-state index contributed by atoms with van der Waals surface area (Å²) in [5, 5.41) is 4.86. The minimum atomic E-state index is 0.628. The van der Waals surface area contributed by atoms with E-state index in [9.17, 15) is 0 Å². The summed E-state index contributed by atoms with van der Waals surface area (Å²) in [7, 11) is 0. The number of pyridine rings is 1. The lowest BCUT2D eigenvalue weighted by Gasteiger charge is -2.15. The number of anilines is 1. The first-order chi connectivity index (χ1) is 13.6. The van der Waals surface area contributed by atoms with Crippen LogP contribution in [0.5, 0.6) is 0 Å². The first kappa shape index (κ1) is 19.5. The molecule has 4 rings (SSSR count). The van der Waals surface area contributed by atoms with Crippen LogP contribution < -0.4 is 10.2 Å². The lowest BCUT2D eigenvalue weighted by molar-refractivity contribution is -0.894. The van der Waals surface area contributed by atoms with Crippen molar-refractivity contribution in [1.29, 1.82) is 0 Å². The van der Waals surface area contributed by atoms with Gasteiger partial charge in [0.15, 0.2) is 0 Å². The Hall–Kier alpha value is -1.79. The number of rotatable bonds is 8. The van der Waals surface area contributed by atoms with Crippen molar-refractivity contribution in [2.45, 2.75) is 53.4 Å². The van der Waals surface area contributed by atoms with Crippen molar-refractivity contribution in [1.82, 2.24) is 15.0 Å². The molecule has 0 saturated heterocycles. The third-order valence-corrected chi connectivity index (χ3v) is 7.01. The van der Waals surface area contributed by atoms with E-state index in [-0.39, 0.29) is 0 Å². The molecule has 0 radical (unpaired) electrons. The molecule has 0 amide bonds. The van der Waals surface area contributed by atoms with Crippen molar-refractivity contribution in [2.24, 2.45) is 5.92 Å². The second kappa shape index (κ2) is 8.29. The molecule has 0 unspecified atom stereocenters. The fourth-order valence-corrected chi connectivity index (χ4v) is 5.56. The van der Waals surface area contributed by atoms with Crippen molar-refractivity contribution in [3.05, 3.63) is 23.1 Å². The SMILES string of the molecule is CC[NH+](CC)CCNc1ncnc2c1sc1nc(CC(C)C)c3c(c12)CCC3. The van der Waals surface area contributed by atoms with Gasteiger partial charge in [0.25, 0.3) is 0 Å². The van der Waals surface area contributed by atoms with Gasteiger partial charge in [-0.05, 0) is 56.6 Å². The molecule has 6 heteroatoms. The molecule has 2 N–H and O–H groups in total. The lowest BCUT2D eigenvalue weighted by atomic mass is 9.99. The largest absolute Gasteiger partial charge is 0.363 e. The van der Waals surface area contributed by atoms with Crippen LogP contribution in [0.4, 0.5) is 5.82 Å². The van der Waals surface area contributed by atoms with E-state index >= 15 is 0 Å². The van der Waals surface area contributed by atoms with E-state index in [1.165, 1.54) is 35.0 Å². The van der Waals surface area contributed by atoms with E-state index < -0.39 is 0 Å². The highest BCUT2D eigenvalue weighted by molar-refractivity contribution is 7.26. The van der Waals surface area contributed by atoms with Gasteiger partial charge in [-0.2, -0.15) is 0 Å². The van der Waals surface area contributed by atoms with Gasteiger partial charge in [0.05, 0.1) is 36.4 Å². The van der Waals surface area contributed by atoms with E-state index in [0.29, 0.717) is 5.92 Å². The Balaban J connectivity index is 1.74. The van der Waals surface area contributed by atoms with Gasteiger partial charge in [-0.25, -0.2) is 15.0 Å². The number of nitrogens with one attached hydrogen (secondary N) is 2. The second-order valence-corrected chi connectivity index (χ2v) is 9.28. The smallest absolute Gasteiger partial charge is 0.147 e. The number of aryl methyl sites for hydroxylation is 1. The standard InChI is InChI=1S/C22H31N5S/c1-5-27(6-2)11-10-23-21-20-19(24-13-25-21)18-16-9-7-8-15(16)17(12-14(3)4)26-22(18)28-20/h13-14H,5-12H2,1-4H3,(H,23,24,25)/p+1. The molecule has 3 aromatic rings. The zero-order valence-electron chi connectivity index (χ0n) is 17.6. The van der Waals surface area contributed by atoms with Crippen LogP contribution in [0.3, 0.4) is 0 Å². The Morgan fingerprint density at radius 3 is 2.68 bits per heavy atom. The zero-order chi connectivity index (χ0) is 19.7. The topological polar surface area (TPSA) is 55.1 Å². The Labute approximate surface area is 171 Å². The van der Waals surface area contributed by atoms with Crippen LogP contribution in [0, 0.1) is 5.92 Å². The predicted octanol–water partition coefficient (Wildman–Crippen LogP) is 3.26. The first-order valence-corrected chi connectivity index (χ1v) is 11.6. The van der Waals surface area contributed by atoms with Gasteiger partial charge in [0, 0.05) is 11.1 Å². The Bertz CT molecular complexity index is 974. The summed E-state index contributed by atoms with van der Waals surface area (Å²) < 4.78 is 1.16. The molecule has 0 saturated carbocycles. The number of nitrogens with zero attached hydrogens (tertiary/aromatic N) is 3. The number of hydrogen-bond donors (Lipinski definition) is 2. The Kier molecular flexibility index (Phi) is 5.78. The maximum Gasteiger partial charge on any atom is 0.147 e. The van der Waals surface area contributed by atoms with Gasteiger partial charge in [0.1, 0.15) is 17.0 Å². The average Bonchev–Trinajstić information content (AvgIpc) is 3.29. The summed E-state index contributed by atoms with van der Waals surface area (Å²) >= 11 is 1.76. The van der Waals surface area contributed by atoms with Gasteiger partial charge in [-0.3, -0.25) is 0 Å². The van der Waals surface area contributed by atoms with E-state index in [2.05, 4.69) is 43.0 Å². The van der Waals surface area contributed by atoms with E-state index in [4.69, 9.17) is 4.98 Å². The van der Waals surface area contributed by atoms with Gasteiger partial charge in [-0.15, -0.1) is 11.3 Å². The molecule has 5 nitrogen and oxygen atoms in total.